The van der Waals surface area contributed by atoms with Crippen molar-refractivity contribution in [3.05, 3.63) is 46.7 Å². The molecule has 1 heterocycles. The van der Waals surface area contributed by atoms with Gasteiger partial charge < -0.3 is 14.8 Å². The van der Waals surface area contributed by atoms with Gasteiger partial charge in [0.15, 0.2) is 5.13 Å². The van der Waals surface area contributed by atoms with E-state index >= 15 is 0 Å². The molecule has 1 aliphatic rings. The van der Waals surface area contributed by atoms with Gasteiger partial charge in [-0.1, -0.05) is 34.6 Å². The Morgan fingerprint density at radius 2 is 2.19 bits per heavy atom. The molecular formula is C20H23ClN2O3S. The Kier molecular flexibility index (Phi) is 6.88. The first-order chi connectivity index (χ1) is 13.1. The van der Waals surface area contributed by atoms with E-state index in [-0.39, 0.29) is 12.0 Å². The van der Waals surface area contributed by atoms with Crippen LogP contribution in [-0.2, 0) is 14.3 Å². The number of rotatable bonds is 8. The van der Waals surface area contributed by atoms with Gasteiger partial charge in [0.2, 0.25) is 5.91 Å². The van der Waals surface area contributed by atoms with Crippen LogP contribution in [0.4, 0.5) is 5.13 Å². The number of anilines is 1. The van der Waals surface area contributed by atoms with Crippen LogP contribution in [0.5, 0.6) is 0 Å². The van der Waals surface area contributed by atoms with Crippen molar-refractivity contribution >= 4 is 44.2 Å². The molecule has 1 aromatic carbocycles. The van der Waals surface area contributed by atoms with E-state index in [2.05, 4.69) is 16.4 Å². The molecule has 27 heavy (non-hydrogen) atoms. The number of carbonyl (C=O) groups is 1. The minimum Gasteiger partial charge on any atom is -0.498 e. The molecule has 0 saturated carbocycles. The van der Waals surface area contributed by atoms with Crippen molar-refractivity contribution in [2.75, 3.05) is 19.5 Å². The second-order valence-corrected chi connectivity index (χ2v) is 7.88. The molecule has 1 unspecified atom stereocenters. The van der Waals surface area contributed by atoms with Gasteiger partial charge in [-0.2, -0.15) is 0 Å². The molecule has 0 bridgehead atoms. The fourth-order valence-corrected chi connectivity index (χ4v) is 4.23. The number of nitrogens with zero attached hydrogens (tertiary/aromatic N) is 1. The van der Waals surface area contributed by atoms with Gasteiger partial charge in [0.1, 0.15) is 11.9 Å². The number of nitrogens with one attached hydrogen (secondary N) is 1. The number of carbonyl (C=O) groups excluding carboxylic acids is 1. The van der Waals surface area contributed by atoms with E-state index in [1.54, 1.807) is 20.3 Å². The number of hydrogen-bond donors (Lipinski definition) is 1. The maximum Gasteiger partial charge on any atom is 0.226 e. The molecule has 0 spiro atoms. The van der Waals surface area contributed by atoms with Gasteiger partial charge in [0.05, 0.1) is 17.3 Å². The van der Waals surface area contributed by atoms with Crippen LogP contribution in [0.15, 0.2) is 41.7 Å². The Morgan fingerprint density at radius 3 is 2.96 bits per heavy atom. The summed E-state index contributed by atoms with van der Waals surface area (Å²) in [4.78, 5) is 16.6. The van der Waals surface area contributed by atoms with Crippen molar-refractivity contribution < 1.29 is 14.3 Å². The Hall–Kier alpha value is -1.89. The van der Waals surface area contributed by atoms with Gasteiger partial charge in [-0.3, -0.25) is 4.79 Å². The van der Waals surface area contributed by atoms with Crippen LogP contribution < -0.4 is 5.32 Å². The number of unbranched alkanes of at least 4 members (excludes halogenated alkanes) is 1. The van der Waals surface area contributed by atoms with Crippen molar-refractivity contribution in [2.24, 2.45) is 0 Å². The zero-order chi connectivity index (χ0) is 19.2. The third-order valence-corrected chi connectivity index (χ3v) is 5.69. The molecule has 1 amide bonds. The van der Waals surface area contributed by atoms with Crippen LogP contribution >= 0.6 is 22.9 Å². The monoisotopic (exact) mass is 406 g/mol. The largest absolute Gasteiger partial charge is 0.498 e. The zero-order valence-electron chi connectivity index (χ0n) is 15.5. The third kappa shape index (κ3) is 5.31. The second kappa shape index (κ2) is 9.35. The summed E-state index contributed by atoms with van der Waals surface area (Å²) < 4.78 is 11.7. The van der Waals surface area contributed by atoms with Crippen LogP contribution in [-0.4, -0.2) is 31.2 Å². The number of hydrogen-bond acceptors (Lipinski definition) is 5. The van der Waals surface area contributed by atoms with Crippen molar-refractivity contribution in [3.63, 3.8) is 0 Å². The van der Waals surface area contributed by atoms with E-state index in [9.17, 15) is 4.79 Å². The summed E-state index contributed by atoms with van der Waals surface area (Å²) in [6, 6.07) is 5.52. The summed E-state index contributed by atoms with van der Waals surface area (Å²) in [5.41, 5.74) is 2.17. The van der Waals surface area contributed by atoms with E-state index in [1.165, 1.54) is 16.9 Å². The molecular weight excluding hydrogens is 384 g/mol. The minimum atomic E-state index is -0.00848. The molecule has 0 radical (unpaired) electrons. The fraction of sp³-hybridized carbons (Fsp3) is 0.400. The number of benzene rings is 1. The van der Waals surface area contributed by atoms with E-state index in [1.807, 2.05) is 18.2 Å². The zero-order valence-corrected chi connectivity index (χ0v) is 17.0. The smallest absolute Gasteiger partial charge is 0.226 e. The van der Waals surface area contributed by atoms with Gasteiger partial charge >= 0.3 is 0 Å². The summed E-state index contributed by atoms with van der Waals surface area (Å²) in [6.45, 7) is 0. The van der Waals surface area contributed by atoms with Crippen LogP contribution in [0.1, 0.15) is 32.1 Å². The van der Waals surface area contributed by atoms with Gasteiger partial charge in [-0.05, 0) is 43.5 Å². The average Bonchev–Trinajstić information content (AvgIpc) is 3.06. The Labute approximate surface area is 168 Å². The predicted octanol–water partition coefficient (Wildman–Crippen LogP) is 5.32. The number of amides is 1. The molecule has 0 fully saturated rings. The lowest BCUT2D eigenvalue weighted by molar-refractivity contribution is -0.116. The van der Waals surface area contributed by atoms with Crippen LogP contribution in [0.3, 0.4) is 0 Å². The molecule has 0 aliphatic heterocycles. The van der Waals surface area contributed by atoms with Crippen LogP contribution in [0.2, 0.25) is 5.02 Å². The number of methoxy groups -OCH3 is 2. The Bertz CT molecular complexity index is 875. The standard InChI is InChI=1S/C20H23ClN2O3S/c1-25-16-10-7-13(11-17(16)26-2)5-3-4-6-19(24)23-20-22-15-9-8-14(21)12-18(15)27-20/h7-10,12,17H,3-6,11H2,1-2H3,(H,22,23,24). The summed E-state index contributed by atoms with van der Waals surface area (Å²) >= 11 is 7.42. The quantitative estimate of drug-likeness (QED) is 0.602. The summed E-state index contributed by atoms with van der Waals surface area (Å²) in [6.07, 6.45) is 8.14. The molecule has 1 atom stereocenters. The molecule has 144 valence electrons. The second-order valence-electron chi connectivity index (χ2n) is 6.41. The van der Waals surface area contributed by atoms with Crippen molar-refractivity contribution in [2.45, 2.75) is 38.2 Å². The maximum absolute atomic E-state index is 12.2. The van der Waals surface area contributed by atoms with Crippen molar-refractivity contribution in [1.29, 1.82) is 0 Å². The fourth-order valence-electron chi connectivity index (χ4n) is 3.07. The summed E-state index contributed by atoms with van der Waals surface area (Å²) in [7, 11) is 3.36. The van der Waals surface area contributed by atoms with Gasteiger partial charge in [0.25, 0.3) is 0 Å². The molecule has 2 aromatic rings. The highest BCUT2D eigenvalue weighted by Gasteiger charge is 2.19. The number of allylic oxidation sites excluding steroid dienone is 2. The Balaban J connectivity index is 1.43. The van der Waals surface area contributed by atoms with Gasteiger partial charge in [-0.15, -0.1) is 0 Å². The highest BCUT2D eigenvalue weighted by Crippen LogP contribution is 2.29. The first-order valence-electron chi connectivity index (χ1n) is 8.91. The molecule has 3 rings (SSSR count). The lowest BCUT2D eigenvalue weighted by atomic mass is 9.96. The first kappa shape index (κ1) is 19.9. The number of thiazole rings is 1. The number of aromatic nitrogens is 1. The van der Waals surface area contributed by atoms with Crippen molar-refractivity contribution in [3.8, 4) is 0 Å². The average molecular weight is 407 g/mol. The van der Waals surface area contributed by atoms with Gasteiger partial charge in [0, 0.05) is 25.0 Å². The number of ether oxygens (including phenoxy) is 2. The minimum absolute atomic E-state index is 0.00545. The summed E-state index contributed by atoms with van der Waals surface area (Å²) in [5.74, 6) is 0.854. The highest BCUT2D eigenvalue weighted by molar-refractivity contribution is 7.22. The van der Waals surface area contributed by atoms with E-state index in [0.29, 0.717) is 16.6 Å². The molecule has 1 aromatic heterocycles. The normalized spacial score (nSPS) is 16.8. The SMILES string of the molecule is COC1=CC=C(CCCCC(=O)Nc2nc3ccc(Cl)cc3s2)CC1OC. The van der Waals surface area contributed by atoms with Crippen LogP contribution in [0, 0.1) is 0 Å². The predicted molar refractivity (Wildman–Crippen MR) is 110 cm³/mol. The maximum atomic E-state index is 12.2. The number of fused-ring (bicyclic) bond motifs is 1. The number of halogens is 1. The lowest BCUT2D eigenvalue weighted by Crippen LogP contribution is -2.18. The van der Waals surface area contributed by atoms with E-state index in [4.69, 9.17) is 21.1 Å². The topological polar surface area (TPSA) is 60.5 Å². The third-order valence-electron chi connectivity index (χ3n) is 4.52. The molecule has 0 saturated heterocycles. The molecule has 5 nitrogen and oxygen atoms in total. The van der Waals surface area contributed by atoms with Crippen LogP contribution in [0.25, 0.3) is 10.2 Å². The first-order valence-corrected chi connectivity index (χ1v) is 10.1. The van der Waals surface area contributed by atoms with E-state index in [0.717, 1.165) is 41.7 Å². The Morgan fingerprint density at radius 1 is 1.33 bits per heavy atom. The van der Waals surface area contributed by atoms with Gasteiger partial charge in [-0.25, -0.2) is 4.98 Å². The summed E-state index contributed by atoms with van der Waals surface area (Å²) in [5, 5.41) is 4.17. The van der Waals surface area contributed by atoms with E-state index < -0.39 is 0 Å². The highest BCUT2D eigenvalue weighted by atomic mass is 35.5. The molecule has 1 aliphatic carbocycles. The molecule has 7 heteroatoms. The van der Waals surface area contributed by atoms with Crippen molar-refractivity contribution in [1.82, 2.24) is 4.98 Å². The lowest BCUT2D eigenvalue weighted by Gasteiger charge is -2.22. The molecule has 1 N–H and O–H groups in total.